The molecule has 1 heterocycles. The fourth-order valence-corrected chi connectivity index (χ4v) is 2.61. The molecule has 86 valence electrons. The van der Waals surface area contributed by atoms with Gasteiger partial charge in [0.2, 0.25) is 0 Å². The molecule has 0 spiro atoms. The molecule has 0 aromatic carbocycles. The fourth-order valence-electron chi connectivity index (χ4n) is 2.61. The van der Waals surface area contributed by atoms with Gasteiger partial charge in [-0.2, -0.15) is 0 Å². The highest BCUT2D eigenvalue weighted by atomic mass is 15.3. The monoisotopic (exact) mass is 209 g/mol. The first-order chi connectivity index (χ1) is 7.07. The van der Waals surface area contributed by atoms with Crippen molar-refractivity contribution in [2.24, 2.45) is 16.1 Å². The minimum Gasteiger partial charge on any atom is -0.370 e. The van der Waals surface area contributed by atoms with Gasteiger partial charge in [0, 0.05) is 13.1 Å². The largest absolute Gasteiger partial charge is 0.370 e. The molecule has 0 aromatic heterocycles. The van der Waals surface area contributed by atoms with E-state index < -0.39 is 0 Å². The van der Waals surface area contributed by atoms with E-state index in [9.17, 15) is 0 Å². The van der Waals surface area contributed by atoms with Crippen LogP contribution in [0, 0.1) is 5.41 Å². The van der Waals surface area contributed by atoms with E-state index in [1.165, 1.54) is 32.1 Å². The average molecular weight is 209 g/mol. The Balaban J connectivity index is 1.93. The van der Waals surface area contributed by atoms with Crippen LogP contribution in [0.4, 0.5) is 0 Å². The molecule has 3 nitrogen and oxygen atoms in total. The summed E-state index contributed by atoms with van der Waals surface area (Å²) in [4.78, 5) is 6.89. The summed E-state index contributed by atoms with van der Waals surface area (Å²) in [7, 11) is 0. The Morgan fingerprint density at radius 3 is 2.53 bits per heavy atom. The lowest BCUT2D eigenvalue weighted by atomic mass is 9.93. The number of aliphatic imine (C=N–C) groups is 1. The Bertz CT molecular complexity index is 252. The molecule has 1 aliphatic carbocycles. The molecule has 0 radical (unpaired) electrons. The van der Waals surface area contributed by atoms with Crippen molar-refractivity contribution in [3.63, 3.8) is 0 Å². The Kier molecular flexibility index (Phi) is 2.89. The highest BCUT2D eigenvalue weighted by Gasteiger charge is 2.30. The number of hydrogen-bond acceptors (Lipinski definition) is 1. The second-order valence-electron chi connectivity index (χ2n) is 5.76. The SMILES string of the molecule is CC1(C)CCN(C(N)=NC2CCCC2)C1. The third kappa shape index (κ3) is 2.64. The van der Waals surface area contributed by atoms with Crippen LogP contribution in [-0.4, -0.2) is 30.0 Å². The Morgan fingerprint density at radius 2 is 2.00 bits per heavy atom. The van der Waals surface area contributed by atoms with Crippen LogP contribution in [0.3, 0.4) is 0 Å². The second-order valence-corrected chi connectivity index (χ2v) is 5.76. The minimum absolute atomic E-state index is 0.413. The highest BCUT2D eigenvalue weighted by molar-refractivity contribution is 5.78. The molecule has 2 rings (SSSR count). The Hall–Kier alpha value is -0.730. The van der Waals surface area contributed by atoms with Crippen LogP contribution in [0.2, 0.25) is 0 Å². The number of guanidine groups is 1. The van der Waals surface area contributed by atoms with Crippen molar-refractivity contribution in [1.82, 2.24) is 4.90 Å². The number of nitrogens with two attached hydrogens (primary N) is 1. The van der Waals surface area contributed by atoms with Gasteiger partial charge in [0.1, 0.15) is 0 Å². The molecule has 2 N–H and O–H groups in total. The van der Waals surface area contributed by atoms with Crippen molar-refractivity contribution >= 4 is 5.96 Å². The number of hydrogen-bond donors (Lipinski definition) is 1. The standard InChI is InChI=1S/C12H23N3/c1-12(2)7-8-15(9-12)11(13)14-10-5-3-4-6-10/h10H,3-9H2,1-2H3,(H2,13,14). The van der Waals surface area contributed by atoms with Crippen LogP contribution in [0.25, 0.3) is 0 Å². The minimum atomic E-state index is 0.413. The van der Waals surface area contributed by atoms with Crippen molar-refractivity contribution in [3.8, 4) is 0 Å². The van der Waals surface area contributed by atoms with Crippen LogP contribution in [0.1, 0.15) is 46.0 Å². The van der Waals surface area contributed by atoms with E-state index in [1.54, 1.807) is 0 Å². The smallest absolute Gasteiger partial charge is 0.191 e. The van der Waals surface area contributed by atoms with E-state index in [0.29, 0.717) is 11.5 Å². The molecule has 0 bridgehead atoms. The zero-order valence-corrected chi connectivity index (χ0v) is 10.00. The van der Waals surface area contributed by atoms with Crippen molar-refractivity contribution < 1.29 is 0 Å². The van der Waals surface area contributed by atoms with Gasteiger partial charge < -0.3 is 10.6 Å². The van der Waals surface area contributed by atoms with Crippen LogP contribution in [0.5, 0.6) is 0 Å². The van der Waals surface area contributed by atoms with Gasteiger partial charge in [-0.25, -0.2) is 4.99 Å². The van der Waals surface area contributed by atoms with Crippen molar-refractivity contribution in [3.05, 3.63) is 0 Å². The summed E-state index contributed by atoms with van der Waals surface area (Å²) < 4.78 is 0. The van der Waals surface area contributed by atoms with Gasteiger partial charge in [0.25, 0.3) is 0 Å². The van der Waals surface area contributed by atoms with Crippen molar-refractivity contribution in [2.45, 2.75) is 52.0 Å². The molecular formula is C12H23N3. The zero-order valence-electron chi connectivity index (χ0n) is 10.00. The molecule has 1 saturated heterocycles. The summed E-state index contributed by atoms with van der Waals surface area (Å²) in [5, 5.41) is 0. The summed E-state index contributed by atoms with van der Waals surface area (Å²) in [6.07, 6.45) is 6.35. The Labute approximate surface area is 92.7 Å². The summed E-state index contributed by atoms with van der Waals surface area (Å²) >= 11 is 0. The van der Waals surface area contributed by atoms with Gasteiger partial charge in [-0.15, -0.1) is 0 Å². The van der Waals surface area contributed by atoms with E-state index in [2.05, 4.69) is 23.7 Å². The third-order valence-electron chi connectivity index (χ3n) is 3.64. The van der Waals surface area contributed by atoms with Gasteiger partial charge in [-0.05, 0) is 24.7 Å². The number of rotatable bonds is 1. The first kappa shape index (κ1) is 10.8. The molecule has 0 amide bonds. The molecule has 0 atom stereocenters. The zero-order chi connectivity index (χ0) is 10.9. The van der Waals surface area contributed by atoms with E-state index >= 15 is 0 Å². The van der Waals surface area contributed by atoms with Crippen molar-refractivity contribution in [2.75, 3.05) is 13.1 Å². The van der Waals surface area contributed by atoms with Gasteiger partial charge in [-0.1, -0.05) is 26.7 Å². The lowest BCUT2D eigenvalue weighted by Crippen LogP contribution is -2.37. The molecule has 0 aromatic rings. The van der Waals surface area contributed by atoms with Crippen LogP contribution in [0.15, 0.2) is 4.99 Å². The summed E-state index contributed by atoms with van der Waals surface area (Å²) in [5.41, 5.74) is 6.47. The molecule has 2 aliphatic rings. The first-order valence-electron chi connectivity index (χ1n) is 6.15. The predicted octanol–water partition coefficient (Wildman–Crippen LogP) is 1.98. The van der Waals surface area contributed by atoms with Gasteiger partial charge in [0.15, 0.2) is 5.96 Å². The van der Waals surface area contributed by atoms with Crippen molar-refractivity contribution in [1.29, 1.82) is 0 Å². The maximum Gasteiger partial charge on any atom is 0.191 e. The average Bonchev–Trinajstić information content (AvgIpc) is 2.74. The molecule has 2 fully saturated rings. The third-order valence-corrected chi connectivity index (χ3v) is 3.64. The van der Waals surface area contributed by atoms with Gasteiger partial charge >= 0.3 is 0 Å². The van der Waals surface area contributed by atoms with E-state index in [0.717, 1.165) is 19.0 Å². The summed E-state index contributed by atoms with van der Waals surface area (Å²) in [6, 6.07) is 0.508. The maximum absolute atomic E-state index is 6.06. The predicted molar refractivity (Wildman–Crippen MR) is 63.8 cm³/mol. The molecule has 0 unspecified atom stereocenters. The summed E-state index contributed by atoms with van der Waals surface area (Å²) in [6.45, 7) is 6.75. The molecular weight excluding hydrogens is 186 g/mol. The topological polar surface area (TPSA) is 41.6 Å². The fraction of sp³-hybridized carbons (Fsp3) is 0.917. The molecule has 3 heteroatoms. The van der Waals surface area contributed by atoms with Crippen LogP contribution >= 0.6 is 0 Å². The molecule has 15 heavy (non-hydrogen) atoms. The van der Waals surface area contributed by atoms with E-state index in [4.69, 9.17) is 5.73 Å². The maximum atomic E-state index is 6.06. The lowest BCUT2D eigenvalue weighted by Gasteiger charge is -2.21. The summed E-state index contributed by atoms with van der Waals surface area (Å²) in [5.74, 6) is 0.785. The quantitative estimate of drug-likeness (QED) is 0.530. The molecule has 1 saturated carbocycles. The lowest BCUT2D eigenvalue weighted by molar-refractivity contribution is 0.373. The number of nitrogens with zero attached hydrogens (tertiary/aromatic N) is 2. The van der Waals surface area contributed by atoms with Gasteiger partial charge in [-0.3, -0.25) is 0 Å². The first-order valence-corrected chi connectivity index (χ1v) is 6.15. The van der Waals surface area contributed by atoms with Crippen LogP contribution in [-0.2, 0) is 0 Å². The second kappa shape index (κ2) is 4.03. The Morgan fingerprint density at radius 1 is 1.33 bits per heavy atom. The number of likely N-dealkylation sites (tertiary alicyclic amines) is 1. The van der Waals surface area contributed by atoms with Gasteiger partial charge in [0.05, 0.1) is 6.04 Å². The van der Waals surface area contributed by atoms with E-state index in [1.807, 2.05) is 0 Å². The van der Waals surface area contributed by atoms with E-state index in [-0.39, 0.29) is 0 Å². The molecule has 1 aliphatic heterocycles. The highest BCUT2D eigenvalue weighted by Crippen LogP contribution is 2.29. The van der Waals surface area contributed by atoms with Crippen LogP contribution < -0.4 is 5.73 Å². The normalized spacial score (nSPS) is 27.6.